The summed E-state index contributed by atoms with van der Waals surface area (Å²) < 4.78 is 87.5. The Kier molecular flexibility index (Phi) is 29.3. The quantitative estimate of drug-likeness (QED) is 0.0404. The number of aliphatic hydroxyl groups excluding tert-OH is 21. The van der Waals surface area contributed by atoms with Gasteiger partial charge in [-0.05, 0) is 6.92 Å². The standard InChI is InChI=1S/C56H94N4O40/c1-13-29(69)38(78)41(81)53(89-13)88-12-24-47(36(76)25(49(85)90-24)57-14(2)65)98-52-28(60-17(5)68)37(77)45(20(8-63)93-52)99-56-44(84)48(100-55-43(83)40(80)46(21(9-64)94-55)97-51-27(59-16(4)67)35(75)31(71)19(7-62)92-51)33(73)23(96-56)11-87-54-42(82)39(79)32(72)22(95-54)10-86-50-26(58-15(3)66)34(74)30(70)18(6-61)91-50/h13,18-56,61-64,69-85H,6-12H2,1-5H3,(H,57,65)(H,58,66)(H,59,67)(H,60,68)/t13-,18+,19+,20+,21+,22+,23+,24+,25+,26+,27+,28+,29+,30+,31+,32+,33+,34+,35+,36+,37+,38+,39-,40+,41-,42-,43-,44-,45+,46+,47+,48-,49?,50+,51-,52-,53+,54-,55+,56-/m0/s1. The number of hydrogen-bond donors (Lipinski definition) is 25. The van der Waals surface area contributed by atoms with Crippen LogP contribution in [0.5, 0.6) is 0 Å². The molecule has 8 aliphatic rings. The van der Waals surface area contributed by atoms with Gasteiger partial charge in [0.1, 0.15) is 189 Å². The summed E-state index contributed by atoms with van der Waals surface area (Å²) in [4.78, 5) is 49.6. The fourth-order valence-corrected chi connectivity index (χ4v) is 12.7. The third-order valence-electron chi connectivity index (χ3n) is 18.2. The number of rotatable bonds is 25. The second-order valence-corrected chi connectivity index (χ2v) is 25.4. The molecule has 0 radical (unpaired) electrons. The van der Waals surface area contributed by atoms with E-state index < -0.39 is 315 Å². The van der Waals surface area contributed by atoms with Crippen molar-refractivity contribution in [3.63, 3.8) is 0 Å². The fourth-order valence-electron chi connectivity index (χ4n) is 12.7. The Bertz CT molecular complexity index is 2620. The molecule has 0 saturated carbocycles. The molecular weight excluding hydrogens is 1370 g/mol. The second kappa shape index (κ2) is 35.7. The van der Waals surface area contributed by atoms with E-state index in [9.17, 15) is 126 Å². The van der Waals surface area contributed by atoms with E-state index in [0.717, 1.165) is 27.7 Å². The minimum absolute atomic E-state index is 0.732. The summed E-state index contributed by atoms with van der Waals surface area (Å²) in [5.41, 5.74) is 0. The van der Waals surface area contributed by atoms with Crippen LogP contribution in [0, 0.1) is 0 Å². The maximum absolute atomic E-state index is 13.0. The van der Waals surface area contributed by atoms with Crippen LogP contribution in [0.2, 0.25) is 0 Å². The Labute approximate surface area is 567 Å². The van der Waals surface area contributed by atoms with Crippen molar-refractivity contribution in [3.05, 3.63) is 0 Å². The number of amides is 4. The highest BCUT2D eigenvalue weighted by Crippen LogP contribution is 2.38. The Morgan fingerprint density at radius 2 is 0.600 bits per heavy atom. The summed E-state index contributed by atoms with van der Waals surface area (Å²) in [7, 11) is 0. The van der Waals surface area contributed by atoms with E-state index in [-0.39, 0.29) is 0 Å². The SMILES string of the molecule is CC(=O)N[C@H]1[C@H](O[C@H]2[C@H](O)[C@@H](NC(C)=O)C(O)O[C@@H]2CO[C@@H]2O[C@@H](C)[C@@H](O)[C@@H](O)[C@@H]2O)O[C@H](CO)[C@@H](O[C@@H]2O[C@H](CO[C@H]3O[C@H](CO[C@@H]4O[C@H](CO)[C@@H](O)[C@H](O)[C@H]4NC(C)=O)[C@@H](O)[C@H](O)[C@@H]3O)[C@@H](O)[C@H](O[C@H]3O[C@H](CO)[C@@H](O[C@@H]4O[C@H](CO)[C@@H](O)[C@H](O)[C@H]4NC(C)=O)[C@H](O)[C@@H]3O)[C@@H]2O)[C@@H]1O. The molecule has 8 aliphatic heterocycles. The summed E-state index contributed by atoms with van der Waals surface area (Å²) in [6.07, 6.45) is -69.8. The van der Waals surface area contributed by atoms with E-state index in [2.05, 4.69) is 21.3 Å². The molecule has 8 rings (SSSR count). The molecule has 8 fully saturated rings. The van der Waals surface area contributed by atoms with Crippen LogP contribution < -0.4 is 21.3 Å². The van der Waals surface area contributed by atoms with Crippen LogP contribution in [0.25, 0.3) is 0 Å². The predicted octanol–water partition coefficient (Wildman–Crippen LogP) is -16.8. The molecule has 4 amide bonds. The lowest BCUT2D eigenvalue weighted by molar-refractivity contribution is -0.390. The lowest BCUT2D eigenvalue weighted by atomic mass is 9.93. The average Bonchev–Trinajstić information content (AvgIpc) is 0.772. The number of carbonyl (C=O) groups is 4. The smallest absolute Gasteiger partial charge is 0.217 e. The molecule has 0 aliphatic carbocycles. The van der Waals surface area contributed by atoms with Gasteiger partial charge in [-0.2, -0.15) is 0 Å². The zero-order chi connectivity index (χ0) is 73.8. The first-order valence-corrected chi connectivity index (χ1v) is 32.0. The van der Waals surface area contributed by atoms with E-state index in [1.165, 1.54) is 6.92 Å². The maximum atomic E-state index is 13.0. The minimum atomic E-state index is -2.44. The topological polar surface area (TPSA) is 680 Å². The van der Waals surface area contributed by atoms with Crippen molar-refractivity contribution < 1.29 is 197 Å². The molecule has 40 atom stereocenters. The zero-order valence-corrected chi connectivity index (χ0v) is 54.2. The van der Waals surface area contributed by atoms with Crippen LogP contribution in [0.1, 0.15) is 34.6 Å². The lowest BCUT2D eigenvalue weighted by Crippen LogP contribution is -2.70. The molecule has 100 heavy (non-hydrogen) atoms. The molecule has 44 heteroatoms. The van der Waals surface area contributed by atoms with Gasteiger partial charge in [0.15, 0.2) is 50.3 Å². The number of nitrogens with one attached hydrogen (secondary N) is 4. The minimum Gasteiger partial charge on any atom is -0.394 e. The van der Waals surface area contributed by atoms with Crippen molar-refractivity contribution in [2.24, 2.45) is 0 Å². The highest BCUT2D eigenvalue weighted by molar-refractivity contribution is 5.74. The van der Waals surface area contributed by atoms with Gasteiger partial charge in [-0.25, -0.2) is 0 Å². The van der Waals surface area contributed by atoms with Gasteiger partial charge in [0, 0.05) is 27.7 Å². The van der Waals surface area contributed by atoms with Gasteiger partial charge >= 0.3 is 0 Å². The van der Waals surface area contributed by atoms with E-state index in [1.54, 1.807) is 0 Å². The van der Waals surface area contributed by atoms with Crippen LogP contribution in [0.15, 0.2) is 0 Å². The zero-order valence-electron chi connectivity index (χ0n) is 54.2. The predicted molar refractivity (Wildman–Crippen MR) is 309 cm³/mol. The van der Waals surface area contributed by atoms with Crippen LogP contribution in [-0.2, 0) is 90.2 Å². The van der Waals surface area contributed by atoms with Crippen molar-refractivity contribution >= 4 is 23.6 Å². The van der Waals surface area contributed by atoms with Gasteiger partial charge in [0.2, 0.25) is 23.6 Å². The summed E-state index contributed by atoms with van der Waals surface area (Å²) in [5, 5.41) is 241. The van der Waals surface area contributed by atoms with Gasteiger partial charge in [0.25, 0.3) is 0 Å². The number of carbonyl (C=O) groups excluding carboxylic acids is 4. The van der Waals surface area contributed by atoms with Gasteiger partial charge in [-0.1, -0.05) is 0 Å². The summed E-state index contributed by atoms with van der Waals surface area (Å²) in [6, 6.07) is -6.74. The molecule has 578 valence electrons. The maximum Gasteiger partial charge on any atom is 0.217 e. The first-order chi connectivity index (χ1) is 47.2. The second-order valence-electron chi connectivity index (χ2n) is 25.4. The number of hydrogen-bond acceptors (Lipinski definition) is 40. The van der Waals surface area contributed by atoms with Crippen molar-refractivity contribution in [2.45, 2.75) is 280 Å². The molecule has 25 N–H and O–H groups in total. The molecule has 0 aromatic carbocycles. The van der Waals surface area contributed by atoms with Crippen molar-refractivity contribution in [1.29, 1.82) is 0 Å². The van der Waals surface area contributed by atoms with Gasteiger partial charge in [-0.3, -0.25) is 19.2 Å². The van der Waals surface area contributed by atoms with E-state index in [0.29, 0.717) is 0 Å². The van der Waals surface area contributed by atoms with Gasteiger partial charge < -0.3 is 200 Å². The molecule has 8 saturated heterocycles. The Morgan fingerprint density at radius 1 is 0.280 bits per heavy atom. The van der Waals surface area contributed by atoms with Crippen molar-refractivity contribution in [3.8, 4) is 0 Å². The molecule has 1 unspecified atom stereocenters. The third-order valence-corrected chi connectivity index (χ3v) is 18.2. The summed E-state index contributed by atoms with van der Waals surface area (Å²) >= 11 is 0. The number of aliphatic hydroxyl groups is 21. The number of ether oxygens (including phenoxy) is 15. The normalized spacial score (nSPS) is 48.7. The van der Waals surface area contributed by atoms with Crippen LogP contribution in [0.3, 0.4) is 0 Å². The molecule has 0 aromatic rings. The van der Waals surface area contributed by atoms with Crippen molar-refractivity contribution in [2.75, 3.05) is 46.2 Å². The molecule has 44 nitrogen and oxygen atoms in total. The Hall–Kier alpha value is -3.56. The van der Waals surface area contributed by atoms with Gasteiger partial charge in [-0.15, -0.1) is 0 Å². The molecular formula is C56H94N4O40. The summed E-state index contributed by atoms with van der Waals surface area (Å²) in [5.74, 6) is -3.24. The van der Waals surface area contributed by atoms with Crippen LogP contribution in [-0.4, -0.2) is 423 Å². The Morgan fingerprint density at radius 3 is 1.11 bits per heavy atom. The lowest BCUT2D eigenvalue weighted by Gasteiger charge is -2.50. The molecule has 0 spiro atoms. The first kappa shape index (κ1) is 82.1. The Balaban J connectivity index is 1.06. The molecule has 0 bridgehead atoms. The largest absolute Gasteiger partial charge is 0.394 e. The third kappa shape index (κ3) is 18.4. The van der Waals surface area contributed by atoms with Gasteiger partial charge in [0.05, 0.1) is 52.4 Å². The highest BCUT2D eigenvalue weighted by atomic mass is 16.8. The molecule has 0 aromatic heterocycles. The van der Waals surface area contributed by atoms with Crippen LogP contribution >= 0.6 is 0 Å². The first-order valence-electron chi connectivity index (χ1n) is 32.0. The van der Waals surface area contributed by atoms with E-state index in [1.807, 2.05) is 0 Å². The summed E-state index contributed by atoms with van der Waals surface area (Å²) in [6.45, 7) is -1.35. The highest BCUT2D eigenvalue weighted by Gasteiger charge is 2.59. The average molecular weight is 1460 g/mol. The monoisotopic (exact) mass is 1460 g/mol. The van der Waals surface area contributed by atoms with Crippen LogP contribution in [0.4, 0.5) is 0 Å². The fraction of sp³-hybridized carbons (Fsp3) is 0.929. The van der Waals surface area contributed by atoms with Crippen molar-refractivity contribution in [1.82, 2.24) is 21.3 Å². The van der Waals surface area contributed by atoms with E-state index >= 15 is 0 Å². The van der Waals surface area contributed by atoms with E-state index in [4.69, 9.17) is 71.1 Å². The molecule has 8 heterocycles.